The van der Waals surface area contributed by atoms with Gasteiger partial charge in [0, 0.05) is 40.3 Å². The van der Waals surface area contributed by atoms with Crippen LogP contribution in [0.4, 0.5) is 11.5 Å². The van der Waals surface area contributed by atoms with E-state index in [-0.39, 0.29) is 0 Å². The molecule has 4 nitrogen and oxygen atoms in total. The summed E-state index contributed by atoms with van der Waals surface area (Å²) in [6.45, 7) is 2.13. The van der Waals surface area contributed by atoms with Gasteiger partial charge in [-0.15, -0.1) is 11.3 Å². The van der Waals surface area contributed by atoms with E-state index in [4.69, 9.17) is 10.7 Å². The van der Waals surface area contributed by atoms with Crippen molar-refractivity contribution in [3.05, 3.63) is 29.6 Å². The van der Waals surface area contributed by atoms with Gasteiger partial charge in [-0.1, -0.05) is 0 Å². The molecule has 3 heterocycles. The molecular weight excluding hydrogens is 304 g/mol. The summed E-state index contributed by atoms with van der Waals surface area (Å²) >= 11 is 1.79. The molecule has 0 amide bonds. The zero-order valence-electron chi connectivity index (χ0n) is 13.6. The van der Waals surface area contributed by atoms with E-state index < -0.39 is 0 Å². The minimum atomic E-state index is 0.681. The van der Waals surface area contributed by atoms with Gasteiger partial charge in [0.1, 0.15) is 5.82 Å². The van der Waals surface area contributed by atoms with E-state index in [0.29, 0.717) is 6.04 Å². The monoisotopic (exact) mass is 326 g/mol. The molecule has 1 aliphatic heterocycles. The highest BCUT2D eigenvalue weighted by molar-refractivity contribution is 7.18. The van der Waals surface area contributed by atoms with Crippen molar-refractivity contribution in [1.29, 1.82) is 0 Å². The van der Waals surface area contributed by atoms with Crippen molar-refractivity contribution < 1.29 is 0 Å². The summed E-state index contributed by atoms with van der Waals surface area (Å²) in [5.74, 6) is 1.12. The summed E-state index contributed by atoms with van der Waals surface area (Å²) in [6, 6.07) is 8.94. The topological polar surface area (TPSA) is 45.4 Å². The van der Waals surface area contributed by atoms with Gasteiger partial charge in [-0.2, -0.15) is 0 Å². The number of fused-ring (bicyclic) bond motifs is 3. The maximum absolute atomic E-state index is 5.97. The van der Waals surface area contributed by atoms with Crippen LogP contribution < -0.4 is 10.6 Å². The number of benzene rings is 1. The molecule has 5 heteroatoms. The zero-order chi connectivity index (χ0) is 16.0. The summed E-state index contributed by atoms with van der Waals surface area (Å²) in [7, 11) is 4.35. The van der Waals surface area contributed by atoms with Crippen LogP contribution in [-0.4, -0.2) is 43.1 Å². The lowest BCUT2D eigenvalue weighted by molar-refractivity contribution is 0.249. The molecule has 0 bridgehead atoms. The number of nitrogens with zero attached hydrogens (tertiary/aromatic N) is 3. The average Bonchev–Trinajstić information content (AvgIpc) is 3.03. The lowest BCUT2D eigenvalue weighted by Crippen LogP contribution is -2.42. The first-order valence-corrected chi connectivity index (χ1v) is 8.99. The van der Waals surface area contributed by atoms with Crippen LogP contribution in [-0.2, 0) is 0 Å². The van der Waals surface area contributed by atoms with Crippen LogP contribution in [0.2, 0.25) is 0 Å². The van der Waals surface area contributed by atoms with Gasteiger partial charge in [0.15, 0.2) is 0 Å². The number of thiophene rings is 1. The summed E-state index contributed by atoms with van der Waals surface area (Å²) in [5.41, 5.74) is 7.75. The van der Waals surface area contributed by atoms with Crippen LogP contribution in [0.15, 0.2) is 29.6 Å². The van der Waals surface area contributed by atoms with Gasteiger partial charge in [-0.25, -0.2) is 4.98 Å². The van der Waals surface area contributed by atoms with E-state index in [1.165, 1.54) is 28.3 Å². The van der Waals surface area contributed by atoms with E-state index >= 15 is 0 Å². The van der Waals surface area contributed by atoms with Crippen LogP contribution in [0.3, 0.4) is 0 Å². The Hall–Kier alpha value is -1.85. The molecule has 3 aromatic rings. The molecule has 1 aliphatic rings. The maximum atomic E-state index is 5.97. The van der Waals surface area contributed by atoms with E-state index in [2.05, 4.69) is 41.4 Å². The Morgan fingerprint density at radius 1 is 1.17 bits per heavy atom. The van der Waals surface area contributed by atoms with Gasteiger partial charge in [0.05, 0.1) is 5.52 Å². The van der Waals surface area contributed by atoms with Crippen LogP contribution in [0.5, 0.6) is 0 Å². The third-order valence-corrected chi connectivity index (χ3v) is 5.84. The van der Waals surface area contributed by atoms with Crippen LogP contribution in [0.25, 0.3) is 21.0 Å². The van der Waals surface area contributed by atoms with Crippen molar-refractivity contribution >= 4 is 43.8 Å². The zero-order valence-corrected chi connectivity index (χ0v) is 14.4. The van der Waals surface area contributed by atoms with E-state index in [1.807, 2.05) is 12.1 Å². The number of aromatic nitrogens is 1. The molecular formula is C18H22N4S. The average molecular weight is 326 g/mol. The number of piperidine rings is 1. The predicted octanol–water partition coefficient (Wildman–Crippen LogP) is 3.56. The third kappa shape index (κ3) is 2.54. The van der Waals surface area contributed by atoms with Crippen molar-refractivity contribution in [2.24, 2.45) is 0 Å². The Kier molecular flexibility index (Phi) is 3.62. The first kappa shape index (κ1) is 14.7. The fourth-order valence-corrected chi connectivity index (χ4v) is 4.46. The van der Waals surface area contributed by atoms with E-state index in [9.17, 15) is 0 Å². The molecule has 0 aliphatic carbocycles. The van der Waals surface area contributed by atoms with Crippen LogP contribution >= 0.6 is 11.3 Å². The molecule has 4 rings (SSSR count). The standard InChI is InChI=1S/C18H22N4S/c1-21(2)13-5-8-22(9-6-13)18-15-7-10-23-17(15)14-4-3-12(19)11-16(14)20-18/h3-4,7,10-11,13H,5-6,8-9,19H2,1-2H3. The molecule has 1 fully saturated rings. The molecule has 0 spiro atoms. The highest BCUT2D eigenvalue weighted by Gasteiger charge is 2.23. The molecule has 2 aromatic heterocycles. The lowest BCUT2D eigenvalue weighted by atomic mass is 10.0. The van der Waals surface area contributed by atoms with Gasteiger partial charge in [0.25, 0.3) is 0 Å². The van der Waals surface area contributed by atoms with Crippen LogP contribution in [0, 0.1) is 0 Å². The molecule has 120 valence electrons. The Morgan fingerprint density at radius 3 is 2.70 bits per heavy atom. The molecule has 0 radical (unpaired) electrons. The molecule has 1 saturated heterocycles. The molecule has 0 atom stereocenters. The highest BCUT2D eigenvalue weighted by atomic mass is 32.1. The Balaban J connectivity index is 1.78. The van der Waals surface area contributed by atoms with Gasteiger partial charge in [-0.05, 0) is 56.6 Å². The minimum absolute atomic E-state index is 0.681. The normalized spacial score (nSPS) is 16.7. The molecule has 1 aromatic carbocycles. The quantitative estimate of drug-likeness (QED) is 0.731. The van der Waals surface area contributed by atoms with Crippen molar-refractivity contribution in [1.82, 2.24) is 9.88 Å². The molecule has 2 N–H and O–H groups in total. The second kappa shape index (κ2) is 5.65. The highest BCUT2D eigenvalue weighted by Crippen LogP contribution is 2.36. The SMILES string of the molecule is CN(C)C1CCN(c2nc3cc(N)ccc3c3sccc23)CC1. The molecule has 0 saturated carbocycles. The van der Waals surface area contributed by atoms with E-state index in [0.717, 1.165) is 30.1 Å². The van der Waals surface area contributed by atoms with Crippen molar-refractivity contribution in [2.75, 3.05) is 37.8 Å². The molecule has 0 unspecified atom stereocenters. The summed E-state index contributed by atoms with van der Waals surface area (Å²) in [5, 5.41) is 4.64. The second-order valence-electron chi connectivity index (χ2n) is 6.56. The molecule has 23 heavy (non-hydrogen) atoms. The van der Waals surface area contributed by atoms with Crippen molar-refractivity contribution in [2.45, 2.75) is 18.9 Å². The number of hydrogen-bond acceptors (Lipinski definition) is 5. The maximum Gasteiger partial charge on any atom is 0.138 e. The van der Waals surface area contributed by atoms with Gasteiger partial charge in [0.2, 0.25) is 0 Å². The van der Waals surface area contributed by atoms with E-state index in [1.54, 1.807) is 11.3 Å². The number of nitrogens with two attached hydrogens (primary N) is 1. The summed E-state index contributed by atoms with van der Waals surface area (Å²) in [4.78, 5) is 9.75. The number of anilines is 2. The first-order valence-electron chi connectivity index (χ1n) is 8.11. The third-order valence-electron chi connectivity index (χ3n) is 4.89. The minimum Gasteiger partial charge on any atom is -0.399 e. The lowest BCUT2D eigenvalue weighted by Gasteiger charge is -2.36. The van der Waals surface area contributed by atoms with Gasteiger partial charge in [-0.3, -0.25) is 0 Å². The fraction of sp³-hybridized carbons (Fsp3) is 0.389. The summed E-state index contributed by atoms with van der Waals surface area (Å²) in [6.07, 6.45) is 2.38. The predicted molar refractivity (Wildman–Crippen MR) is 100 cm³/mol. The number of nitrogen functional groups attached to an aromatic ring is 1. The smallest absolute Gasteiger partial charge is 0.138 e. The fourth-order valence-electron chi connectivity index (χ4n) is 3.54. The summed E-state index contributed by atoms with van der Waals surface area (Å²) < 4.78 is 1.32. The Morgan fingerprint density at radius 2 is 1.96 bits per heavy atom. The van der Waals surface area contributed by atoms with Gasteiger partial charge >= 0.3 is 0 Å². The number of pyridine rings is 1. The first-order chi connectivity index (χ1) is 11.1. The van der Waals surface area contributed by atoms with Gasteiger partial charge < -0.3 is 15.5 Å². The second-order valence-corrected chi connectivity index (χ2v) is 7.47. The van der Waals surface area contributed by atoms with Crippen LogP contribution in [0.1, 0.15) is 12.8 Å². The number of rotatable bonds is 2. The number of hydrogen-bond donors (Lipinski definition) is 1. The Labute approximate surface area is 140 Å². The van der Waals surface area contributed by atoms with Crippen molar-refractivity contribution in [3.63, 3.8) is 0 Å². The largest absolute Gasteiger partial charge is 0.399 e. The van der Waals surface area contributed by atoms with Crippen molar-refractivity contribution in [3.8, 4) is 0 Å². The Bertz CT molecular complexity index is 847.